The van der Waals surface area contributed by atoms with Crippen molar-refractivity contribution in [2.75, 3.05) is 7.11 Å². The van der Waals surface area contributed by atoms with E-state index in [1.807, 2.05) is 5.38 Å². The first-order valence-electron chi connectivity index (χ1n) is 4.98. The van der Waals surface area contributed by atoms with Gasteiger partial charge in [-0.1, -0.05) is 6.07 Å². The minimum Gasteiger partial charge on any atom is -0.493 e. The smallest absolute Gasteiger partial charge is 0.172 e. The number of para-hydroxylation sites is 1. The van der Waals surface area contributed by atoms with Gasteiger partial charge in [-0.3, -0.25) is 4.79 Å². The van der Waals surface area contributed by atoms with Crippen LogP contribution in [0.3, 0.4) is 0 Å². The van der Waals surface area contributed by atoms with Crippen LogP contribution in [0, 0.1) is 0 Å². The lowest BCUT2D eigenvalue weighted by Crippen LogP contribution is -2.00. The van der Waals surface area contributed by atoms with E-state index in [0.29, 0.717) is 23.7 Å². The van der Waals surface area contributed by atoms with E-state index in [4.69, 9.17) is 9.47 Å². The first kappa shape index (κ1) is 11.6. The summed E-state index contributed by atoms with van der Waals surface area (Å²) in [7, 11) is 1.54. The van der Waals surface area contributed by atoms with Crippen LogP contribution in [0.2, 0.25) is 0 Å². The third-order valence-electron chi connectivity index (χ3n) is 2.18. The number of thiazole rings is 1. The lowest BCUT2D eigenvalue weighted by Gasteiger charge is -2.11. The first-order chi connectivity index (χ1) is 8.35. The summed E-state index contributed by atoms with van der Waals surface area (Å²) >= 11 is 1.50. The van der Waals surface area contributed by atoms with Crippen molar-refractivity contribution in [3.8, 4) is 11.5 Å². The summed E-state index contributed by atoms with van der Waals surface area (Å²) in [5, 5.41) is 2.73. The molecule has 0 spiro atoms. The number of nitrogens with zero attached hydrogens (tertiary/aromatic N) is 1. The molecule has 88 valence electrons. The summed E-state index contributed by atoms with van der Waals surface area (Å²) in [6.07, 6.45) is 2.46. The second kappa shape index (κ2) is 5.45. The quantitative estimate of drug-likeness (QED) is 0.764. The number of hydrogen-bond acceptors (Lipinski definition) is 5. The van der Waals surface area contributed by atoms with Crippen molar-refractivity contribution in [3.63, 3.8) is 0 Å². The molecule has 2 rings (SSSR count). The predicted octanol–water partition coefficient (Wildman–Crippen LogP) is 2.54. The lowest BCUT2D eigenvalue weighted by atomic mass is 10.2. The van der Waals surface area contributed by atoms with E-state index in [1.54, 1.807) is 31.5 Å². The molecule has 0 radical (unpaired) electrons. The third-order valence-corrected chi connectivity index (χ3v) is 2.93. The Labute approximate surface area is 103 Å². The number of rotatable bonds is 5. The largest absolute Gasteiger partial charge is 0.493 e. The number of aldehydes is 1. The van der Waals surface area contributed by atoms with Gasteiger partial charge in [0.15, 0.2) is 17.8 Å². The second-order valence-corrected chi connectivity index (χ2v) is 4.19. The molecule has 0 amide bonds. The highest BCUT2D eigenvalue weighted by atomic mass is 32.1. The van der Waals surface area contributed by atoms with Crippen molar-refractivity contribution >= 4 is 17.6 Å². The Balaban J connectivity index is 2.21. The van der Waals surface area contributed by atoms with E-state index in [-0.39, 0.29) is 0 Å². The number of hydrogen-bond donors (Lipinski definition) is 0. The van der Waals surface area contributed by atoms with Crippen LogP contribution in [0.1, 0.15) is 15.4 Å². The van der Waals surface area contributed by atoms with E-state index < -0.39 is 0 Å². The van der Waals surface area contributed by atoms with Gasteiger partial charge in [0, 0.05) is 11.6 Å². The fraction of sp³-hybridized carbons (Fsp3) is 0.167. The first-order valence-corrected chi connectivity index (χ1v) is 5.86. The number of benzene rings is 1. The molecule has 0 N–H and O–H groups in total. The van der Waals surface area contributed by atoms with Crippen LogP contribution in [0.25, 0.3) is 0 Å². The van der Waals surface area contributed by atoms with Gasteiger partial charge in [0.25, 0.3) is 0 Å². The molecule has 0 aliphatic carbocycles. The highest BCUT2D eigenvalue weighted by Gasteiger charge is 2.10. The van der Waals surface area contributed by atoms with Gasteiger partial charge in [-0.25, -0.2) is 4.98 Å². The van der Waals surface area contributed by atoms with Gasteiger partial charge in [-0.15, -0.1) is 11.3 Å². The Kier molecular flexibility index (Phi) is 3.72. The molecule has 0 fully saturated rings. The fourth-order valence-electron chi connectivity index (χ4n) is 1.40. The van der Waals surface area contributed by atoms with E-state index in [9.17, 15) is 4.79 Å². The van der Waals surface area contributed by atoms with Gasteiger partial charge in [0.1, 0.15) is 11.6 Å². The number of carbonyl (C=O) groups excluding carboxylic acids is 1. The van der Waals surface area contributed by atoms with Crippen LogP contribution in [0.5, 0.6) is 11.5 Å². The summed E-state index contributed by atoms with van der Waals surface area (Å²) < 4.78 is 10.7. The average Bonchev–Trinajstić information content (AvgIpc) is 2.88. The Morgan fingerprint density at radius 1 is 1.47 bits per heavy atom. The van der Waals surface area contributed by atoms with Crippen LogP contribution in [0.4, 0.5) is 0 Å². The Morgan fingerprint density at radius 2 is 2.35 bits per heavy atom. The molecule has 0 aliphatic heterocycles. The van der Waals surface area contributed by atoms with Crippen LogP contribution in [-0.2, 0) is 6.61 Å². The summed E-state index contributed by atoms with van der Waals surface area (Å²) in [4.78, 5) is 15.0. The average molecular weight is 249 g/mol. The number of carbonyl (C=O) groups is 1. The molecule has 1 aromatic heterocycles. The van der Waals surface area contributed by atoms with Crippen LogP contribution >= 0.6 is 11.3 Å². The lowest BCUT2D eigenvalue weighted by molar-refractivity contribution is 0.111. The molecule has 5 heteroatoms. The molecule has 2 aromatic rings. The van der Waals surface area contributed by atoms with Crippen molar-refractivity contribution < 1.29 is 14.3 Å². The molecule has 4 nitrogen and oxygen atoms in total. The van der Waals surface area contributed by atoms with E-state index >= 15 is 0 Å². The molecular formula is C12H11NO3S. The second-order valence-electron chi connectivity index (χ2n) is 3.21. The standard InChI is InChI=1S/C12H11NO3S/c1-15-10-4-2-3-9(7-14)12(10)16-8-11-13-5-6-17-11/h2-7H,8H2,1H3. The van der Waals surface area contributed by atoms with Gasteiger partial charge >= 0.3 is 0 Å². The third kappa shape index (κ3) is 2.62. The maximum absolute atomic E-state index is 10.9. The van der Waals surface area contributed by atoms with Crippen LogP contribution in [-0.4, -0.2) is 18.4 Å². The van der Waals surface area contributed by atoms with Crippen LogP contribution < -0.4 is 9.47 Å². The zero-order valence-electron chi connectivity index (χ0n) is 9.25. The minimum atomic E-state index is 0.332. The minimum absolute atomic E-state index is 0.332. The highest BCUT2D eigenvalue weighted by molar-refractivity contribution is 7.09. The van der Waals surface area contributed by atoms with Gasteiger partial charge in [-0.05, 0) is 12.1 Å². The summed E-state index contributed by atoms with van der Waals surface area (Å²) in [5.74, 6) is 1.01. The van der Waals surface area contributed by atoms with Crippen LogP contribution in [0.15, 0.2) is 29.8 Å². The number of methoxy groups -OCH3 is 1. The monoisotopic (exact) mass is 249 g/mol. The molecular weight excluding hydrogens is 238 g/mol. The Bertz CT molecular complexity index is 496. The molecule has 0 atom stereocenters. The molecule has 17 heavy (non-hydrogen) atoms. The fourth-order valence-corrected chi connectivity index (χ4v) is 1.93. The number of aromatic nitrogens is 1. The predicted molar refractivity (Wildman–Crippen MR) is 64.8 cm³/mol. The molecule has 0 unspecified atom stereocenters. The van der Waals surface area contributed by atoms with Crippen molar-refractivity contribution in [1.82, 2.24) is 4.98 Å². The molecule has 1 aromatic carbocycles. The van der Waals surface area contributed by atoms with E-state index in [0.717, 1.165) is 11.3 Å². The summed E-state index contributed by atoms with van der Waals surface area (Å²) in [6, 6.07) is 5.19. The normalized spacial score (nSPS) is 9.94. The highest BCUT2D eigenvalue weighted by Crippen LogP contribution is 2.30. The maximum atomic E-state index is 10.9. The van der Waals surface area contributed by atoms with Crippen molar-refractivity contribution in [1.29, 1.82) is 0 Å². The van der Waals surface area contributed by atoms with Gasteiger partial charge in [-0.2, -0.15) is 0 Å². The molecule has 1 heterocycles. The van der Waals surface area contributed by atoms with E-state index in [1.165, 1.54) is 11.3 Å². The topological polar surface area (TPSA) is 48.4 Å². The number of ether oxygens (including phenoxy) is 2. The zero-order chi connectivity index (χ0) is 12.1. The molecule has 0 saturated heterocycles. The Hall–Kier alpha value is -1.88. The van der Waals surface area contributed by atoms with Gasteiger partial charge < -0.3 is 9.47 Å². The zero-order valence-corrected chi connectivity index (χ0v) is 10.1. The molecule has 0 saturated carbocycles. The summed E-state index contributed by atoms with van der Waals surface area (Å²) in [5.41, 5.74) is 0.473. The van der Waals surface area contributed by atoms with Crippen molar-refractivity contribution in [2.45, 2.75) is 6.61 Å². The van der Waals surface area contributed by atoms with Gasteiger partial charge in [0.2, 0.25) is 0 Å². The van der Waals surface area contributed by atoms with Crippen molar-refractivity contribution in [3.05, 3.63) is 40.3 Å². The maximum Gasteiger partial charge on any atom is 0.172 e. The SMILES string of the molecule is COc1cccc(C=O)c1OCc1nccs1. The van der Waals surface area contributed by atoms with Crippen molar-refractivity contribution in [2.24, 2.45) is 0 Å². The molecule has 0 bridgehead atoms. The summed E-state index contributed by atoms with van der Waals surface area (Å²) in [6.45, 7) is 0.332. The van der Waals surface area contributed by atoms with Gasteiger partial charge in [0.05, 0.1) is 12.7 Å². The van der Waals surface area contributed by atoms with E-state index in [2.05, 4.69) is 4.98 Å². The molecule has 0 aliphatic rings. The Morgan fingerprint density at radius 3 is 3.00 bits per heavy atom.